The summed E-state index contributed by atoms with van der Waals surface area (Å²) in [6, 6.07) is 24.9. The van der Waals surface area contributed by atoms with Crippen LogP contribution in [0.25, 0.3) is 11.1 Å². The molecule has 0 bridgehead atoms. The first-order chi connectivity index (χ1) is 19.9. The average molecular weight is 634 g/mol. The summed E-state index contributed by atoms with van der Waals surface area (Å²) in [5.74, 6) is 1.30. The molecule has 0 nitrogen and oxygen atoms in total. The monoisotopic (exact) mass is 632 g/mol. The molecule has 1 heteroatoms. The third-order valence-corrected chi connectivity index (χ3v) is 19.1. The summed E-state index contributed by atoms with van der Waals surface area (Å²) in [5.41, 5.74) is 12.5. The molecule has 6 rings (SSSR count). The van der Waals surface area contributed by atoms with Crippen LogP contribution in [0.15, 0.2) is 85.0 Å². The second-order valence-electron chi connectivity index (χ2n) is 15.5. The van der Waals surface area contributed by atoms with Crippen LogP contribution in [0.5, 0.6) is 0 Å². The Morgan fingerprint density at radius 1 is 0.690 bits per heavy atom. The van der Waals surface area contributed by atoms with Gasteiger partial charge in [-0.05, 0) is 0 Å². The zero-order chi connectivity index (χ0) is 29.8. The second-order valence-corrected chi connectivity index (χ2v) is 22.1. The Balaban J connectivity index is 1.68. The van der Waals surface area contributed by atoms with Crippen LogP contribution in [0, 0.1) is 5.92 Å². The summed E-state index contributed by atoms with van der Waals surface area (Å²) in [5, 5.41) is 0. The van der Waals surface area contributed by atoms with Gasteiger partial charge >= 0.3 is 265 Å². The minimum absolute atomic E-state index is 0.131. The standard InChI is InChI=1S/C21H25.C15H20.C5H5.Zr/c1-20(2,3)16-7-9-18-14(12-16)11-15-13-17(21(4,5)6)8-10-19(15)18;1-12(2)15-9-7-14(8-10-15)11-13-5-3-4-6-13;1-2-4-5-3-1;/h7-13H,1-6H3;7-10,12-13H,3-6H2,1-2H3;1-5H;. The Morgan fingerprint density at radius 3 is 1.64 bits per heavy atom. The van der Waals surface area contributed by atoms with Crippen LogP contribution in [0.2, 0.25) is 3.63 Å². The average Bonchev–Trinajstić information content (AvgIpc) is 3.71. The van der Waals surface area contributed by atoms with E-state index in [4.69, 9.17) is 0 Å². The van der Waals surface area contributed by atoms with Crippen LogP contribution in [0.3, 0.4) is 0 Å². The normalized spacial score (nSPS) is 18.2. The minimum atomic E-state index is -2.50. The molecule has 1 fully saturated rings. The van der Waals surface area contributed by atoms with Crippen LogP contribution in [0.4, 0.5) is 0 Å². The van der Waals surface area contributed by atoms with Gasteiger partial charge in [0.25, 0.3) is 0 Å². The van der Waals surface area contributed by atoms with Crippen LogP contribution in [-0.2, 0) is 32.1 Å². The molecule has 3 aliphatic rings. The van der Waals surface area contributed by atoms with Crippen molar-refractivity contribution < 1.29 is 21.3 Å². The van der Waals surface area contributed by atoms with Crippen LogP contribution in [-0.4, -0.2) is 3.21 Å². The van der Waals surface area contributed by atoms with Crippen molar-refractivity contribution in [3.05, 3.63) is 118 Å². The predicted octanol–water partition coefficient (Wildman–Crippen LogP) is 11.4. The van der Waals surface area contributed by atoms with Gasteiger partial charge in [0.1, 0.15) is 0 Å². The van der Waals surface area contributed by atoms with Gasteiger partial charge < -0.3 is 0 Å². The van der Waals surface area contributed by atoms with Crippen molar-refractivity contribution in [1.29, 1.82) is 0 Å². The van der Waals surface area contributed by atoms with E-state index in [1.807, 2.05) is 3.21 Å². The van der Waals surface area contributed by atoms with Gasteiger partial charge in [-0.3, -0.25) is 0 Å². The Kier molecular flexibility index (Phi) is 8.15. The van der Waals surface area contributed by atoms with Crippen molar-refractivity contribution in [2.45, 2.75) is 105 Å². The van der Waals surface area contributed by atoms with Crippen molar-refractivity contribution in [3.8, 4) is 11.1 Å². The summed E-state index contributed by atoms with van der Waals surface area (Å²) in [6.07, 6.45) is 15.3. The van der Waals surface area contributed by atoms with Crippen molar-refractivity contribution >= 4 is 3.21 Å². The van der Waals surface area contributed by atoms with E-state index in [1.54, 1.807) is 16.7 Å². The second kappa shape index (κ2) is 11.4. The molecule has 0 amide bonds. The van der Waals surface area contributed by atoms with Gasteiger partial charge in [0.05, 0.1) is 0 Å². The summed E-state index contributed by atoms with van der Waals surface area (Å²) in [6.45, 7) is 18.9. The van der Waals surface area contributed by atoms with Gasteiger partial charge in [-0.15, -0.1) is 0 Å². The van der Waals surface area contributed by atoms with Gasteiger partial charge in [0.2, 0.25) is 0 Å². The molecule has 3 aromatic rings. The molecule has 0 saturated heterocycles. The molecular weight excluding hydrogens is 584 g/mol. The predicted molar refractivity (Wildman–Crippen MR) is 180 cm³/mol. The number of allylic oxidation sites excluding steroid dienone is 4. The Hall–Kier alpha value is -2.11. The molecule has 42 heavy (non-hydrogen) atoms. The third kappa shape index (κ3) is 5.61. The van der Waals surface area contributed by atoms with Gasteiger partial charge in [-0.2, -0.15) is 0 Å². The van der Waals surface area contributed by atoms with E-state index in [9.17, 15) is 0 Å². The van der Waals surface area contributed by atoms with Crippen LogP contribution < -0.4 is 0 Å². The van der Waals surface area contributed by atoms with Gasteiger partial charge in [0.15, 0.2) is 0 Å². The van der Waals surface area contributed by atoms with Crippen molar-refractivity contribution in [2.24, 2.45) is 5.92 Å². The Morgan fingerprint density at radius 2 is 1.19 bits per heavy atom. The topological polar surface area (TPSA) is 0 Å². The summed E-state index contributed by atoms with van der Waals surface area (Å²) >= 11 is -2.50. The fourth-order valence-corrected chi connectivity index (χ4v) is 17.7. The number of hydrogen-bond donors (Lipinski definition) is 0. The first-order valence-electron chi connectivity index (χ1n) is 16.4. The molecule has 0 unspecified atom stereocenters. The van der Waals surface area contributed by atoms with E-state index in [-0.39, 0.29) is 10.8 Å². The summed E-state index contributed by atoms with van der Waals surface area (Å²) < 4.78 is 3.02. The zero-order valence-electron chi connectivity index (χ0n) is 27.2. The van der Waals surface area contributed by atoms with Crippen LogP contribution in [0.1, 0.15) is 124 Å². The maximum atomic E-state index is 2.63. The molecule has 0 N–H and O–H groups in total. The van der Waals surface area contributed by atoms with Crippen molar-refractivity contribution in [3.63, 3.8) is 0 Å². The molecule has 0 aromatic heterocycles. The van der Waals surface area contributed by atoms with Crippen molar-refractivity contribution in [2.75, 3.05) is 0 Å². The van der Waals surface area contributed by atoms with E-state index in [0.717, 1.165) is 5.92 Å². The summed E-state index contributed by atoms with van der Waals surface area (Å²) in [7, 11) is 0. The van der Waals surface area contributed by atoms with E-state index in [2.05, 4.69) is 140 Å². The molecule has 1 saturated carbocycles. The zero-order valence-corrected chi connectivity index (χ0v) is 29.7. The number of benzene rings is 3. The van der Waals surface area contributed by atoms with E-state index in [1.165, 1.54) is 53.5 Å². The number of rotatable bonds is 5. The molecular formula is C41H50Zr. The number of fused-ring (bicyclic) bond motifs is 3. The fourth-order valence-electron chi connectivity index (χ4n) is 7.60. The Bertz CT molecular complexity index is 1480. The maximum absolute atomic E-state index is 2.63. The third-order valence-electron chi connectivity index (χ3n) is 10.1. The molecule has 218 valence electrons. The van der Waals surface area contributed by atoms with Crippen molar-refractivity contribution in [1.82, 2.24) is 0 Å². The van der Waals surface area contributed by atoms with Gasteiger partial charge in [0, 0.05) is 0 Å². The van der Waals surface area contributed by atoms with Crippen LogP contribution >= 0.6 is 0 Å². The van der Waals surface area contributed by atoms with E-state index in [0.29, 0.717) is 13.2 Å². The molecule has 3 aromatic carbocycles. The molecule has 0 heterocycles. The fraction of sp³-hybridized carbons (Fsp3) is 0.439. The summed E-state index contributed by atoms with van der Waals surface area (Å²) in [4.78, 5) is 0. The Labute approximate surface area is 263 Å². The molecule has 0 spiro atoms. The molecule has 0 atom stereocenters. The SMILES string of the molecule is CC(C)c1ccc([C](C2CCCC2)=[Zr]([CH]2C=CC=C2)[CH]2c3cc(C(C)(C)C)ccc3-c3ccc(C(C)(C)C)cc32)cc1. The van der Waals surface area contributed by atoms with E-state index >= 15 is 0 Å². The quantitative estimate of drug-likeness (QED) is 0.262. The van der Waals surface area contributed by atoms with Gasteiger partial charge in [-0.25, -0.2) is 0 Å². The molecule has 3 aliphatic carbocycles. The number of hydrogen-bond acceptors (Lipinski definition) is 0. The first-order valence-corrected chi connectivity index (χ1v) is 20.5. The van der Waals surface area contributed by atoms with E-state index < -0.39 is 21.3 Å². The molecule has 0 radical (unpaired) electrons. The first kappa shape index (κ1) is 29.9. The molecule has 0 aliphatic heterocycles. The van der Waals surface area contributed by atoms with Gasteiger partial charge in [-0.1, -0.05) is 0 Å².